The maximum atomic E-state index is 13.5. The molecule has 2 aromatic carbocycles. The normalized spacial score (nSPS) is 12.3. The van der Waals surface area contributed by atoms with Crippen molar-refractivity contribution in [3.63, 3.8) is 0 Å². The molecule has 0 bridgehead atoms. The summed E-state index contributed by atoms with van der Waals surface area (Å²) in [7, 11) is 0. The summed E-state index contributed by atoms with van der Waals surface area (Å²) in [6.45, 7) is 1.58. The van der Waals surface area contributed by atoms with Crippen molar-refractivity contribution in [1.82, 2.24) is 0 Å². The predicted octanol–water partition coefficient (Wildman–Crippen LogP) is 6.84. The number of alkyl halides is 3. The van der Waals surface area contributed by atoms with Crippen molar-refractivity contribution in [2.45, 2.75) is 19.5 Å². The van der Waals surface area contributed by atoms with Gasteiger partial charge in [-0.2, -0.15) is 13.2 Å². The van der Waals surface area contributed by atoms with Crippen LogP contribution in [0.3, 0.4) is 0 Å². The minimum absolute atomic E-state index is 0.0153. The van der Waals surface area contributed by atoms with Crippen LogP contribution in [0.2, 0.25) is 15.1 Å². The smallest absolute Gasteiger partial charge is 0.416 e. The number of aromatic carboxylic acids is 1. The number of carboxylic acids is 1. The van der Waals surface area contributed by atoms with Crippen LogP contribution >= 0.6 is 34.8 Å². The van der Waals surface area contributed by atoms with E-state index in [1.807, 2.05) is 0 Å². The molecular weight excluding hydrogens is 412 g/mol. The van der Waals surface area contributed by atoms with E-state index in [2.05, 4.69) is 0 Å². The minimum Gasteiger partial charge on any atom is -0.478 e. The molecule has 0 aromatic heterocycles. The summed E-state index contributed by atoms with van der Waals surface area (Å²) in [5, 5.41) is 8.84. The maximum Gasteiger partial charge on any atom is 0.416 e. The van der Waals surface area contributed by atoms with Crippen LogP contribution in [-0.4, -0.2) is 17.3 Å². The first-order valence-corrected chi connectivity index (χ1v) is 8.39. The van der Waals surface area contributed by atoms with Gasteiger partial charge in [-0.3, -0.25) is 0 Å². The van der Waals surface area contributed by atoms with Gasteiger partial charge in [-0.25, -0.2) is 4.79 Å². The van der Waals surface area contributed by atoms with Crippen LogP contribution in [0.1, 0.15) is 27.0 Å². The third kappa shape index (κ3) is 4.72. The van der Waals surface area contributed by atoms with E-state index in [0.717, 1.165) is 18.2 Å². The van der Waals surface area contributed by atoms with E-state index in [9.17, 15) is 18.0 Å². The van der Waals surface area contributed by atoms with Gasteiger partial charge in [0.25, 0.3) is 0 Å². The molecule has 2 nitrogen and oxygen atoms in total. The Balaban J connectivity index is 2.43. The van der Waals surface area contributed by atoms with Crippen LogP contribution in [-0.2, 0) is 6.42 Å². The second-order valence-corrected chi connectivity index (χ2v) is 6.72. The van der Waals surface area contributed by atoms with E-state index in [1.54, 1.807) is 6.92 Å². The van der Waals surface area contributed by atoms with Gasteiger partial charge in [0.05, 0.1) is 26.2 Å². The highest BCUT2D eigenvalue weighted by Gasteiger charge is 2.35. The van der Waals surface area contributed by atoms with Gasteiger partial charge in [-0.1, -0.05) is 53.0 Å². The van der Waals surface area contributed by atoms with Gasteiger partial charge in [0.2, 0.25) is 0 Å². The van der Waals surface area contributed by atoms with Gasteiger partial charge in [-0.15, -0.1) is 0 Å². The van der Waals surface area contributed by atoms with Gasteiger partial charge in [0.15, 0.2) is 0 Å². The predicted molar refractivity (Wildman–Crippen MR) is 97.3 cm³/mol. The highest BCUT2D eigenvalue weighted by Crippen LogP contribution is 2.39. The fourth-order valence-corrected chi connectivity index (χ4v) is 3.02. The van der Waals surface area contributed by atoms with E-state index in [1.165, 1.54) is 18.2 Å². The fourth-order valence-electron chi connectivity index (χ4n) is 2.42. The number of rotatable bonds is 4. The lowest BCUT2D eigenvalue weighted by Gasteiger charge is -2.14. The number of benzene rings is 2. The Kier molecular flexibility index (Phi) is 6.27. The highest BCUT2D eigenvalue weighted by atomic mass is 35.5. The molecule has 1 N–H and O–H groups in total. The second-order valence-electron chi connectivity index (χ2n) is 5.53. The van der Waals surface area contributed by atoms with Gasteiger partial charge in [-0.05, 0) is 48.2 Å². The Hall–Kier alpha value is -1.69. The summed E-state index contributed by atoms with van der Waals surface area (Å²) < 4.78 is 40.4. The number of hydrogen-bond donors (Lipinski definition) is 1. The summed E-state index contributed by atoms with van der Waals surface area (Å²) in [4.78, 5) is 11.0. The first-order valence-electron chi connectivity index (χ1n) is 7.25. The van der Waals surface area contributed by atoms with Gasteiger partial charge in [0, 0.05) is 0 Å². The third-order valence-electron chi connectivity index (χ3n) is 3.66. The molecule has 0 spiro atoms. The maximum absolute atomic E-state index is 13.5. The Morgan fingerprint density at radius 1 is 1.12 bits per heavy atom. The van der Waals surface area contributed by atoms with Gasteiger partial charge >= 0.3 is 12.1 Å². The summed E-state index contributed by atoms with van der Waals surface area (Å²) >= 11 is 17.5. The van der Waals surface area contributed by atoms with E-state index < -0.39 is 17.7 Å². The number of aryl methyl sites for hydroxylation is 1. The Morgan fingerprint density at radius 3 is 2.15 bits per heavy atom. The molecule has 2 aromatic rings. The Labute approximate surface area is 162 Å². The first kappa shape index (κ1) is 20.6. The number of carbonyl (C=O) groups is 1. The van der Waals surface area contributed by atoms with Crippen molar-refractivity contribution >= 4 is 46.3 Å². The SMILES string of the molecule is Cc1cc(C/C=C(\c2cc(Cl)c(Cl)c(Cl)c2)C(F)(F)F)ccc1C(=O)O. The zero-order valence-electron chi connectivity index (χ0n) is 13.3. The largest absolute Gasteiger partial charge is 0.478 e. The molecule has 138 valence electrons. The van der Waals surface area contributed by atoms with Crippen LogP contribution < -0.4 is 0 Å². The standard InChI is InChI=1S/C18H12Cl3F3O2/c1-9-6-10(2-4-12(9)17(25)26)3-5-13(18(22,23)24)11-7-14(19)16(21)15(20)8-11/h2,4-8H,3H2,1H3,(H,25,26)/b13-5+. The Morgan fingerprint density at radius 2 is 1.69 bits per heavy atom. The zero-order chi connectivity index (χ0) is 19.6. The average Bonchev–Trinajstić information content (AvgIpc) is 2.51. The fraction of sp³-hybridized carbons (Fsp3) is 0.167. The van der Waals surface area contributed by atoms with Crippen molar-refractivity contribution in [2.24, 2.45) is 0 Å². The number of allylic oxidation sites excluding steroid dienone is 2. The lowest BCUT2D eigenvalue weighted by atomic mass is 9.99. The third-order valence-corrected chi connectivity index (χ3v) is 4.86. The van der Waals surface area contributed by atoms with Crippen molar-refractivity contribution in [2.75, 3.05) is 0 Å². The van der Waals surface area contributed by atoms with Crippen LogP contribution in [0.15, 0.2) is 36.4 Å². The van der Waals surface area contributed by atoms with E-state index in [4.69, 9.17) is 39.9 Å². The van der Waals surface area contributed by atoms with Crippen LogP contribution in [0.25, 0.3) is 5.57 Å². The number of halogens is 6. The molecule has 0 amide bonds. The van der Waals surface area contributed by atoms with Crippen LogP contribution in [0.4, 0.5) is 13.2 Å². The van der Waals surface area contributed by atoms with E-state index in [0.29, 0.717) is 11.1 Å². The van der Waals surface area contributed by atoms with Gasteiger partial charge in [0.1, 0.15) is 0 Å². The molecule has 0 saturated heterocycles. The molecule has 0 saturated carbocycles. The summed E-state index contributed by atoms with van der Waals surface area (Å²) in [5.41, 5.74) is 0.00805. The van der Waals surface area contributed by atoms with Crippen molar-refractivity contribution in [3.8, 4) is 0 Å². The number of carboxylic acid groups (broad SMARTS) is 1. The van der Waals surface area contributed by atoms with Crippen molar-refractivity contribution < 1.29 is 23.1 Å². The molecule has 0 aliphatic carbocycles. The lowest BCUT2D eigenvalue weighted by molar-refractivity contribution is -0.0690. The Bertz CT molecular complexity index is 867. The molecule has 2 rings (SSSR count). The molecular formula is C18H12Cl3F3O2. The molecule has 0 atom stereocenters. The lowest BCUT2D eigenvalue weighted by Crippen LogP contribution is -2.11. The monoisotopic (exact) mass is 422 g/mol. The topological polar surface area (TPSA) is 37.3 Å². The molecule has 0 heterocycles. The highest BCUT2D eigenvalue weighted by molar-refractivity contribution is 6.48. The molecule has 8 heteroatoms. The summed E-state index contributed by atoms with van der Waals surface area (Å²) in [5.74, 6) is -1.09. The second kappa shape index (κ2) is 7.91. The zero-order valence-corrected chi connectivity index (χ0v) is 15.6. The molecule has 26 heavy (non-hydrogen) atoms. The molecule has 0 aliphatic rings. The molecule has 0 aliphatic heterocycles. The van der Waals surface area contributed by atoms with E-state index in [-0.39, 0.29) is 32.6 Å². The molecule has 0 unspecified atom stereocenters. The molecule has 0 fully saturated rings. The summed E-state index contributed by atoms with van der Waals surface area (Å²) in [6, 6.07) is 6.59. The van der Waals surface area contributed by atoms with E-state index >= 15 is 0 Å². The number of hydrogen-bond acceptors (Lipinski definition) is 1. The minimum atomic E-state index is -4.63. The van der Waals surface area contributed by atoms with Crippen LogP contribution in [0.5, 0.6) is 0 Å². The molecule has 0 radical (unpaired) electrons. The van der Waals surface area contributed by atoms with Crippen LogP contribution in [0, 0.1) is 6.92 Å². The first-order chi connectivity index (χ1) is 12.0. The quantitative estimate of drug-likeness (QED) is 0.547. The summed E-state index contributed by atoms with van der Waals surface area (Å²) in [6.07, 6.45) is -3.67. The van der Waals surface area contributed by atoms with Gasteiger partial charge < -0.3 is 5.11 Å². The van der Waals surface area contributed by atoms with Crippen molar-refractivity contribution in [1.29, 1.82) is 0 Å². The average molecular weight is 424 g/mol. The van der Waals surface area contributed by atoms with Crippen molar-refractivity contribution in [3.05, 3.63) is 73.7 Å².